The van der Waals surface area contributed by atoms with Crippen LogP contribution in [0.4, 0.5) is 5.69 Å². The number of methoxy groups -OCH3 is 3. The molecule has 2 aromatic carbocycles. The number of hydrogen-bond donors (Lipinski definition) is 1. The number of hydrogen-bond acceptors (Lipinski definition) is 9. The molecular weight excluding hydrogens is 508 g/mol. The molecule has 0 aliphatic carbocycles. The summed E-state index contributed by atoms with van der Waals surface area (Å²) in [6.45, 7) is 2.15. The number of thioether (sulfide) groups is 1. The van der Waals surface area contributed by atoms with Gasteiger partial charge in [0.2, 0.25) is 17.3 Å². The van der Waals surface area contributed by atoms with Crippen molar-refractivity contribution >= 4 is 33.4 Å². The number of fused-ring (bicyclic) bond motifs is 3. The molecule has 3 aromatic rings. The fourth-order valence-corrected chi connectivity index (χ4v) is 4.68. The van der Waals surface area contributed by atoms with Gasteiger partial charge in [-0.15, -0.1) is 10.2 Å². The molecule has 0 saturated carbocycles. The van der Waals surface area contributed by atoms with E-state index in [4.69, 9.17) is 23.9 Å². The topological polar surface area (TPSA) is 87.6 Å². The van der Waals surface area contributed by atoms with Crippen LogP contribution in [0.5, 0.6) is 23.1 Å². The van der Waals surface area contributed by atoms with E-state index in [-0.39, 0.29) is 0 Å². The van der Waals surface area contributed by atoms with Crippen molar-refractivity contribution in [2.45, 2.75) is 31.1 Å². The number of halogens is 1. The Hall–Kier alpha value is -2.72. The number of ether oxygens (including phenoxy) is 4. The fraction of sp³-hybridized carbons (Fsp3) is 0.348. The first-order chi connectivity index (χ1) is 16.1. The Labute approximate surface area is 205 Å². The monoisotopic (exact) mass is 532 g/mol. The second-order valence-electron chi connectivity index (χ2n) is 7.23. The molecule has 8 nitrogen and oxygen atoms in total. The van der Waals surface area contributed by atoms with Gasteiger partial charge in [-0.2, -0.15) is 4.98 Å². The third-order valence-electron chi connectivity index (χ3n) is 5.13. The van der Waals surface area contributed by atoms with Crippen molar-refractivity contribution in [1.82, 2.24) is 15.2 Å². The highest BCUT2D eigenvalue weighted by molar-refractivity contribution is 9.10. The van der Waals surface area contributed by atoms with E-state index in [1.807, 2.05) is 18.2 Å². The largest absolute Gasteiger partial charge is 0.496 e. The van der Waals surface area contributed by atoms with Gasteiger partial charge in [0, 0.05) is 33.6 Å². The predicted octanol–water partition coefficient (Wildman–Crippen LogP) is 5.72. The Kier molecular flexibility index (Phi) is 7.44. The number of nitrogens with zero attached hydrogens (tertiary/aromatic N) is 3. The van der Waals surface area contributed by atoms with Gasteiger partial charge < -0.3 is 24.3 Å². The molecule has 0 bridgehead atoms. The Balaban J connectivity index is 1.84. The summed E-state index contributed by atoms with van der Waals surface area (Å²) in [7, 11) is 4.79. The van der Waals surface area contributed by atoms with Gasteiger partial charge in [-0.25, -0.2) is 0 Å². The molecule has 10 heteroatoms. The molecule has 0 spiro atoms. The molecule has 0 amide bonds. The van der Waals surface area contributed by atoms with Crippen molar-refractivity contribution in [2.75, 3.05) is 32.4 Å². The summed E-state index contributed by atoms with van der Waals surface area (Å²) >= 11 is 5.12. The first kappa shape index (κ1) is 23.4. The minimum Gasteiger partial charge on any atom is -0.496 e. The summed E-state index contributed by atoms with van der Waals surface area (Å²) < 4.78 is 24.1. The van der Waals surface area contributed by atoms with Gasteiger partial charge in [0.15, 0.2) is 5.69 Å². The Morgan fingerprint density at radius 3 is 2.48 bits per heavy atom. The molecule has 1 aromatic heterocycles. The van der Waals surface area contributed by atoms with E-state index in [2.05, 4.69) is 38.4 Å². The molecule has 0 saturated heterocycles. The Morgan fingerprint density at radius 2 is 1.82 bits per heavy atom. The maximum absolute atomic E-state index is 6.42. The highest BCUT2D eigenvalue weighted by Gasteiger charge is 2.31. The lowest BCUT2D eigenvalue weighted by atomic mass is 10.1. The fourth-order valence-electron chi connectivity index (χ4n) is 3.46. The second kappa shape index (κ2) is 10.5. The highest BCUT2D eigenvalue weighted by Crippen LogP contribution is 2.45. The zero-order valence-corrected chi connectivity index (χ0v) is 21.2. The number of benzene rings is 2. The lowest BCUT2D eigenvalue weighted by Gasteiger charge is -2.24. The number of nitrogens with one attached hydrogen (secondary N) is 1. The average molecular weight is 533 g/mol. The minimum atomic E-state index is -0.660. The highest BCUT2D eigenvalue weighted by atomic mass is 79.9. The van der Waals surface area contributed by atoms with Gasteiger partial charge in [-0.05, 0) is 24.6 Å². The normalized spacial score (nSPS) is 14.3. The average Bonchev–Trinajstić information content (AvgIpc) is 2.99. The SMILES string of the molecule is CCCCSc1nnc2c(n1)OC(c1c(OC)cc(OC)cc1OC)Nc1ccc(Br)cc1-2. The van der Waals surface area contributed by atoms with Crippen LogP contribution < -0.4 is 24.3 Å². The van der Waals surface area contributed by atoms with Gasteiger partial charge in [0.1, 0.15) is 17.2 Å². The maximum atomic E-state index is 6.42. The van der Waals surface area contributed by atoms with Crippen LogP contribution in [0.2, 0.25) is 0 Å². The number of rotatable bonds is 8. The predicted molar refractivity (Wildman–Crippen MR) is 132 cm³/mol. The van der Waals surface area contributed by atoms with Gasteiger partial charge in [-0.3, -0.25) is 0 Å². The molecule has 1 unspecified atom stereocenters. The molecule has 1 atom stereocenters. The van der Waals surface area contributed by atoms with E-state index in [0.29, 0.717) is 39.5 Å². The summed E-state index contributed by atoms with van der Waals surface area (Å²) in [6, 6.07) is 9.46. The summed E-state index contributed by atoms with van der Waals surface area (Å²) in [5.74, 6) is 3.04. The minimum absolute atomic E-state index is 0.387. The molecule has 4 rings (SSSR count). The number of anilines is 1. The molecule has 33 heavy (non-hydrogen) atoms. The molecule has 0 fully saturated rings. The van der Waals surface area contributed by atoms with Gasteiger partial charge >= 0.3 is 0 Å². The molecule has 2 heterocycles. The maximum Gasteiger partial charge on any atom is 0.247 e. The van der Waals surface area contributed by atoms with E-state index >= 15 is 0 Å². The van der Waals surface area contributed by atoms with Crippen molar-refractivity contribution in [3.05, 3.63) is 40.4 Å². The van der Waals surface area contributed by atoms with Crippen molar-refractivity contribution in [2.24, 2.45) is 0 Å². The molecular formula is C23H25BrN4O4S. The Bertz CT molecular complexity index is 1120. The van der Waals surface area contributed by atoms with Gasteiger partial charge in [-0.1, -0.05) is 41.0 Å². The second-order valence-corrected chi connectivity index (χ2v) is 9.21. The van der Waals surface area contributed by atoms with E-state index in [1.54, 1.807) is 45.2 Å². The number of aromatic nitrogens is 3. The molecule has 174 valence electrons. The molecule has 1 aliphatic heterocycles. The lowest BCUT2D eigenvalue weighted by molar-refractivity contribution is 0.213. The van der Waals surface area contributed by atoms with E-state index in [9.17, 15) is 0 Å². The molecule has 1 aliphatic rings. The van der Waals surface area contributed by atoms with Crippen molar-refractivity contribution < 1.29 is 18.9 Å². The van der Waals surface area contributed by atoms with Crippen LogP contribution in [0, 0.1) is 0 Å². The van der Waals surface area contributed by atoms with Crippen LogP contribution in [0.25, 0.3) is 11.3 Å². The smallest absolute Gasteiger partial charge is 0.247 e. The van der Waals surface area contributed by atoms with Crippen molar-refractivity contribution in [3.63, 3.8) is 0 Å². The molecule has 0 radical (unpaired) electrons. The first-order valence-electron chi connectivity index (χ1n) is 10.5. The summed E-state index contributed by atoms with van der Waals surface area (Å²) in [5, 5.41) is 12.8. The van der Waals surface area contributed by atoms with E-state index in [1.165, 1.54) is 0 Å². The van der Waals surface area contributed by atoms with E-state index in [0.717, 1.165) is 34.3 Å². The zero-order valence-electron chi connectivity index (χ0n) is 18.8. The van der Waals surface area contributed by atoms with E-state index < -0.39 is 6.23 Å². The number of unbranched alkanes of at least 4 members (excludes halogenated alkanes) is 1. The first-order valence-corrected chi connectivity index (χ1v) is 12.3. The summed E-state index contributed by atoms with van der Waals surface area (Å²) in [6.07, 6.45) is 1.52. The summed E-state index contributed by atoms with van der Waals surface area (Å²) in [4.78, 5) is 4.70. The molecule has 1 N–H and O–H groups in total. The van der Waals surface area contributed by atoms with Gasteiger partial charge in [0.05, 0.1) is 26.9 Å². The third kappa shape index (κ3) is 4.96. The van der Waals surface area contributed by atoms with Crippen LogP contribution >= 0.6 is 27.7 Å². The zero-order chi connectivity index (χ0) is 23.4. The van der Waals surface area contributed by atoms with Crippen molar-refractivity contribution in [3.8, 4) is 34.4 Å². The van der Waals surface area contributed by atoms with Crippen LogP contribution in [-0.4, -0.2) is 42.3 Å². The third-order valence-corrected chi connectivity index (χ3v) is 6.55. The van der Waals surface area contributed by atoms with Gasteiger partial charge in [0.25, 0.3) is 0 Å². The quantitative estimate of drug-likeness (QED) is 0.288. The Morgan fingerprint density at radius 1 is 1.06 bits per heavy atom. The van der Waals surface area contributed by atoms with Crippen molar-refractivity contribution in [1.29, 1.82) is 0 Å². The van der Waals surface area contributed by atoms with Crippen LogP contribution in [0.15, 0.2) is 40.0 Å². The van der Waals surface area contributed by atoms with Crippen LogP contribution in [-0.2, 0) is 0 Å². The summed E-state index contributed by atoms with van der Waals surface area (Å²) in [5.41, 5.74) is 2.90. The lowest BCUT2D eigenvalue weighted by Crippen LogP contribution is -2.19. The standard InChI is InChI=1S/C23H25BrN4O4S/c1-5-6-9-33-23-26-22-20(27-28-23)15-10-13(24)7-8-16(15)25-21(32-22)19-17(30-3)11-14(29-2)12-18(19)31-4/h7-8,10-12,21,25H,5-6,9H2,1-4H3. The van der Waals surface area contributed by atoms with Crippen LogP contribution in [0.3, 0.4) is 0 Å². The van der Waals surface area contributed by atoms with Crippen LogP contribution in [0.1, 0.15) is 31.6 Å².